The van der Waals surface area contributed by atoms with Crippen LogP contribution >= 0.6 is 35.5 Å². The number of thiazole rings is 1. The second kappa shape index (κ2) is 12.3. The molecule has 0 aliphatic heterocycles. The smallest absolute Gasteiger partial charge is 0.239 e. The summed E-state index contributed by atoms with van der Waals surface area (Å²) in [6.45, 7) is 9.79. The van der Waals surface area contributed by atoms with Crippen LogP contribution in [0.3, 0.4) is 0 Å². The first-order chi connectivity index (χ1) is 14.5. The summed E-state index contributed by atoms with van der Waals surface area (Å²) in [6, 6.07) is 14.0. The van der Waals surface area contributed by atoms with E-state index in [2.05, 4.69) is 37.8 Å². The normalized spacial score (nSPS) is 10.9. The van der Waals surface area contributed by atoms with Crippen molar-refractivity contribution in [3.63, 3.8) is 0 Å². The van der Waals surface area contributed by atoms with E-state index in [9.17, 15) is 4.79 Å². The molecular weight excluding hydrogens is 450 g/mol. The number of anilines is 1. The van der Waals surface area contributed by atoms with Crippen molar-refractivity contribution in [2.24, 2.45) is 0 Å². The van der Waals surface area contributed by atoms with Crippen molar-refractivity contribution in [2.45, 2.75) is 25.7 Å². The Balaban J connectivity index is 0.00000341. The van der Waals surface area contributed by atoms with Gasteiger partial charge in [0.05, 0.1) is 23.1 Å². The van der Waals surface area contributed by atoms with E-state index in [-0.39, 0.29) is 18.3 Å². The highest BCUT2D eigenvalue weighted by molar-refractivity contribution is 8.00. The maximum atomic E-state index is 13.2. The van der Waals surface area contributed by atoms with Gasteiger partial charge in [0.1, 0.15) is 5.75 Å². The van der Waals surface area contributed by atoms with Crippen LogP contribution in [0.2, 0.25) is 0 Å². The van der Waals surface area contributed by atoms with Crippen LogP contribution < -0.4 is 9.64 Å². The van der Waals surface area contributed by atoms with Gasteiger partial charge in [-0.25, -0.2) is 4.98 Å². The minimum Gasteiger partial charge on any atom is -0.497 e. The summed E-state index contributed by atoms with van der Waals surface area (Å²) in [6.07, 6.45) is 0. The monoisotopic (exact) mass is 479 g/mol. The molecule has 168 valence electrons. The zero-order chi connectivity index (χ0) is 21.5. The number of methoxy groups -OCH3 is 1. The van der Waals surface area contributed by atoms with Gasteiger partial charge in [0.15, 0.2) is 5.13 Å². The Kier molecular flexibility index (Phi) is 10.1. The van der Waals surface area contributed by atoms with Crippen molar-refractivity contribution in [1.29, 1.82) is 0 Å². The van der Waals surface area contributed by atoms with Crippen LogP contribution in [0.15, 0.2) is 47.4 Å². The van der Waals surface area contributed by atoms with Gasteiger partial charge in [-0.1, -0.05) is 31.3 Å². The largest absolute Gasteiger partial charge is 0.497 e. The number of thioether (sulfide) groups is 1. The minimum absolute atomic E-state index is 0. The average molecular weight is 480 g/mol. The zero-order valence-corrected chi connectivity index (χ0v) is 20.9. The second-order valence-electron chi connectivity index (χ2n) is 7.00. The molecule has 1 aromatic heterocycles. The first kappa shape index (κ1) is 25.5. The summed E-state index contributed by atoms with van der Waals surface area (Å²) >= 11 is 3.13. The molecule has 0 atom stereocenters. The highest BCUT2D eigenvalue weighted by Gasteiger charge is 2.20. The summed E-state index contributed by atoms with van der Waals surface area (Å²) in [4.78, 5) is 23.2. The minimum atomic E-state index is 0. The Labute approximate surface area is 199 Å². The standard InChI is InChI=1S/C23H29N3O2S2.ClH/c1-5-25(6-2)13-14-26(23-24-20-12-7-17(3)15-21(20)30-23)22(27)16-29-19-10-8-18(28-4)9-11-19;/h7-12,15H,5-6,13-14,16H2,1-4H3;1H. The van der Waals surface area contributed by atoms with E-state index in [1.807, 2.05) is 35.2 Å². The molecule has 0 spiro atoms. The molecule has 8 heteroatoms. The Bertz CT molecular complexity index is 975. The van der Waals surface area contributed by atoms with Gasteiger partial charge in [-0.3, -0.25) is 9.69 Å². The molecule has 0 radical (unpaired) electrons. The van der Waals surface area contributed by atoms with Gasteiger partial charge in [-0.05, 0) is 62.0 Å². The van der Waals surface area contributed by atoms with Gasteiger partial charge in [0.25, 0.3) is 0 Å². The van der Waals surface area contributed by atoms with E-state index in [0.29, 0.717) is 12.3 Å². The molecule has 0 N–H and O–H groups in total. The molecule has 31 heavy (non-hydrogen) atoms. The SMILES string of the molecule is CCN(CC)CCN(C(=O)CSc1ccc(OC)cc1)c1nc2ccc(C)cc2s1.Cl. The van der Waals surface area contributed by atoms with E-state index in [1.54, 1.807) is 30.2 Å². The molecule has 5 nitrogen and oxygen atoms in total. The molecule has 0 saturated carbocycles. The lowest BCUT2D eigenvalue weighted by atomic mass is 10.2. The Hall–Kier alpha value is -1.80. The van der Waals surface area contributed by atoms with Crippen LogP contribution in [0.25, 0.3) is 10.2 Å². The molecule has 0 bridgehead atoms. The van der Waals surface area contributed by atoms with Crippen LogP contribution in [0.1, 0.15) is 19.4 Å². The average Bonchev–Trinajstić information content (AvgIpc) is 3.18. The molecule has 1 amide bonds. The van der Waals surface area contributed by atoms with Crippen LogP contribution in [0.4, 0.5) is 5.13 Å². The lowest BCUT2D eigenvalue weighted by Crippen LogP contribution is -2.39. The van der Waals surface area contributed by atoms with Gasteiger partial charge in [0.2, 0.25) is 5.91 Å². The van der Waals surface area contributed by atoms with Gasteiger partial charge < -0.3 is 9.64 Å². The lowest BCUT2D eigenvalue weighted by molar-refractivity contribution is -0.116. The Morgan fingerprint density at radius 3 is 2.45 bits per heavy atom. The summed E-state index contributed by atoms with van der Waals surface area (Å²) in [5.41, 5.74) is 2.15. The van der Waals surface area contributed by atoms with E-state index in [1.165, 1.54) is 5.56 Å². The number of rotatable bonds is 10. The predicted molar refractivity (Wildman–Crippen MR) is 135 cm³/mol. The molecule has 0 fully saturated rings. The molecular formula is C23H30ClN3O2S2. The number of halogens is 1. The van der Waals surface area contributed by atoms with E-state index in [4.69, 9.17) is 9.72 Å². The number of hydrogen-bond acceptors (Lipinski definition) is 6. The van der Waals surface area contributed by atoms with Gasteiger partial charge in [-0.15, -0.1) is 24.2 Å². The van der Waals surface area contributed by atoms with Gasteiger partial charge in [-0.2, -0.15) is 0 Å². The molecule has 0 aliphatic rings. The summed E-state index contributed by atoms with van der Waals surface area (Å²) in [5, 5.41) is 0.781. The van der Waals surface area contributed by atoms with Gasteiger partial charge >= 0.3 is 0 Å². The van der Waals surface area contributed by atoms with Crippen molar-refractivity contribution in [1.82, 2.24) is 9.88 Å². The third-order valence-electron chi connectivity index (χ3n) is 5.02. The highest BCUT2D eigenvalue weighted by atomic mass is 35.5. The number of ether oxygens (including phenoxy) is 1. The van der Waals surface area contributed by atoms with Crippen LogP contribution in [0.5, 0.6) is 5.75 Å². The number of hydrogen-bond donors (Lipinski definition) is 0. The maximum absolute atomic E-state index is 13.2. The van der Waals surface area contributed by atoms with Crippen molar-refractivity contribution in [3.05, 3.63) is 48.0 Å². The zero-order valence-electron chi connectivity index (χ0n) is 18.5. The maximum Gasteiger partial charge on any atom is 0.239 e. The number of aryl methyl sites for hydroxylation is 1. The van der Waals surface area contributed by atoms with Crippen LogP contribution in [-0.2, 0) is 4.79 Å². The third-order valence-corrected chi connectivity index (χ3v) is 7.06. The fourth-order valence-corrected chi connectivity index (χ4v) is 5.02. The topological polar surface area (TPSA) is 45.7 Å². The number of fused-ring (bicyclic) bond motifs is 1. The number of carbonyl (C=O) groups excluding carboxylic acids is 1. The lowest BCUT2D eigenvalue weighted by Gasteiger charge is -2.24. The number of carbonyl (C=O) groups is 1. The van der Waals surface area contributed by atoms with Crippen molar-refractivity contribution in [3.8, 4) is 5.75 Å². The van der Waals surface area contributed by atoms with Crippen molar-refractivity contribution < 1.29 is 9.53 Å². The summed E-state index contributed by atoms with van der Waals surface area (Å²) in [7, 11) is 1.65. The molecule has 0 saturated heterocycles. The second-order valence-corrected chi connectivity index (χ2v) is 9.06. The number of amides is 1. The van der Waals surface area contributed by atoms with Crippen LogP contribution in [-0.4, -0.2) is 54.8 Å². The Morgan fingerprint density at radius 2 is 1.81 bits per heavy atom. The molecule has 0 aliphatic carbocycles. The number of aromatic nitrogens is 1. The quantitative estimate of drug-likeness (QED) is 0.359. The highest BCUT2D eigenvalue weighted by Crippen LogP contribution is 2.30. The first-order valence-corrected chi connectivity index (χ1v) is 12.0. The van der Waals surface area contributed by atoms with Gasteiger partial charge in [0, 0.05) is 18.0 Å². The van der Waals surface area contributed by atoms with E-state index >= 15 is 0 Å². The summed E-state index contributed by atoms with van der Waals surface area (Å²) < 4.78 is 6.33. The third kappa shape index (κ3) is 6.84. The molecule has 2 aromatic carbocycles. The molecule has 3 aromatic rings. The molecule has 3 rings (SSSR count). The molecule has 0 unspecified atom stereocenters. The molecule has 1 heterocycles. The number of benzene rings is 2. The fourth-order valence-electron chi connectivity index (χ4n) is 3.14. The number of likely N-dealkylation sites (N-methyl/N-ethyl adjacent to an activating group) is 1. The summed E-state index contributed by atoms with van der Waals surface area (Å²) in [5.74, 6) is 1.27. The van der Waals surface area contributed by atoms with Crippen molar-refractivity contribution >= 4 is 56.8 Å². The van der Waals surface area contributed by atoms with E-state index in [0.717, 1.165) is 45.6 Å². The fraction of sp³-hybridized carbons (Fsp3) is 0.391. The number of nitrogens with zero attached hydrogens (tertiary/aromatic N) is 3. The van der Waals surface area contributed by atoms with Crippen molar-refractivity contribution in [2.75, 3.05) is 43.9 Å². The van der Waals surface area contributed by atoms with E-state index < -0.39 is 0 Å². The van der Waals surface area contributed by atoms with Crippen LogP contribution in [0, 0.1) is 6.92 Å². The first-order valence-electron chi connectivity index (χ1n) is 10.2. The predicted octanol–water partition coefficient (Wildman–Crippen LogP) is 5.50. The Morgan fingerprint density at radius 1 is 1.10 bits per heavy atom.